The summed E-state index contributed by atoms with van der Waals surface area (Å²) in [6.45, 7) is 2.31. The SMILES string of the molecule is COc1cccc(CSc2nnc(CNC(=O)/C=C/c3ccccc3)n2-c2ccc(C)cc2)c1. The van der Waals surface area contributed by atoms with Gasteiger partial charge in [-0.2, -0.15) is 0 Å². The van der Waals surface area contributed by atoms with E-state index in [1.54, 1.807) is 24.9 Å². The third-order valence-corrected chi connectivity index (χ3v) is 6.14. The van der Waals surface area contributed by atoms with Crippen molar-refractivity contribution in [2.24, 2.45) is 0 Å². The molecule has 34 heavy (non-hydrogen) atoms. The van der Waals surface area contributed by atoms with E-state index in [1.807, 2.05) is 65.2 Å². The quantitative estimate of drug-likeness (QED) is 0.269. The van der Waals surface area contributed by atoms with E-state index in [4.69, 9.17) is 4.74 Å². The van der Waals surface area contributed by atoms with E-state index >= 15 is 0 Å². The van der Waals surface area contributed by atoms with Crippen LogP contribution in [0.1, 0.15) is 22.5 Å². The van der Waals surface area contributed by atoms with Crippen molar-refractivity contribution in [3.8, 4) is 11.4 Å². The number of benzene rings is 3. The second kappa shape index (κ2) is 11.3. The molecule has 1 aromatic heterocycles. The number of hydrogen-bond donors (Lipinski definition) is 1. The first-order chi connectivity index (χ1) is 16.6. The molecule has 0 saturated carbocycles. The largest absolute Gasteiger partial charge is 0.497 e. The molecule has 1 heterocycles. The Balaban J connectivity index is 1.51. The fourth-order valence-corrected chi connectivity index (χ4v) is 4.25. The molecule has 172 valence electrons. The predicted molar refractivity (Wildman–Crippen MR) is 136 cm³/mol. The molecule has 4 rings (SSSR count). The van der Waals surface area contributed by atoms with Crippen LogP contribution >= 0.6 is 11.8 Å². The summed E-state index contributed by atoms with van der Waals surface area (Å²) < 4.78 is 7.32. The number of thioether (sulfide) groups is 1. The zero-order valence-electron chi connectivity index (χ0n) is 19.1. The molecule has 0 radical (unpaired) electrons. The minimum absolute atomic E-state index is 0.187. The number of aromatic nitrogens is 3. The van der Waals surface area contributed by atoms with Gasteiger partial charge < -0.3 is 10.1 Å². The Bertz CT molecular complexity index is 1270. The van der Waals surface area contributed by atoms with Gasteiger partial charge in [-0.05, 0) is 48.4 Å². The summed E-state index contributed by atoms with van der Waals surface area (Å²) >= 11 is 1.59. The van der Waals surface area contributed by atoms with Gasteiger partial charge in [0.1, 0.15) is 5.75 Å². The third kappa shape index (κ3) is 6.14. The Hall–Kier alpha value is -3.84. The monoisotopic (exact) mass is 470 g/mol. The number of nitrogens with zero attached hydrogens (tertiary/aromatic N) is 3. The van der Waals surface area contributed by atoms with E-state index in [0.29, 0.717) is 11.6 Å². The molecule has 0 fully saturated rings. The van der Waals surface area contributed by atoms with E-state index in [0.717, 1.165) is 27.7 Å². The van der Waals surface area contributed by atoms with Gasteiger partial charge in [0.25, 0.3) is 0 Å². The summed E-state index contributed by atoms with van der Waals surface area (Å²) in [5, 5.41) is 12.5. The zero-order chi connectivity index (χ0) is 23.8. The van der Waals surface area contributed by atoms with Crippen molar-refractivity contribution < 1.29 is 9.53 Å². The number of amides is 1. The molecule has 0 aliphatic heterocycles. The van der Waals surface area contributed by atoms with Crippen molar-refractivity contribution in [1.29, 1.82) is 0 Å². The van der Waals surface area contributed by atoms with Gasteiger partial charge in [0.05, 0.1) is 13.7 Å². The maximum Gasteiger partial charge on any atom is 0.244 e. The molecule has 1 N–H and O–H groups in total. The molecule has 3 aromatic carbocycles. The zero-order valence-corrected chi connectivity index (χ0v) is 20.0. The van der Waals surface area contributed by atoms with Crippen LogP contribution in [0.5, 0.6) is 5.75 Å². The van der Waals surface area contributed by atoms with E-state index in [9.17, 15) is 4.79 Å². The molecule has 7 heteroatoms. The number of rotatable bonds is 9. The molecule has 6 nitrogen and oxygen atoms in total. The summed E-state index contributed by atoms with van der Waals surface area (Å²) in [6, 6.07) is 25.9. The van der Waals surface area contributed by atoms with Crippen LogP contribution in [0.4, 0.5) is 0 Å². The molecule has 1 amide bonds. The summed E-state index contributed by atoms with van der Waals surface area (Å²) in [7, 11) is 1.66. The Labute approximate surface area is 203 Å². The molecule has 4 aromatic rings. The van der Waals surface area contributed by atoms with Gasteiger partial charge in [-0.25, -0.2) is 0 Å². The maximum absolute atomic E-state index is 12.4. The average molecular weight is 471 g/mol. The van der Waals surface area contributed by atoms with Crippen LogP contribution in [0.3, 0.4) is 0 Å². The summed E-state index contributed by atoms with van der Waals surface area (Å²) in [6.07, 6.45) is 3.32. The van der Waals surface area contributed by atoms with E-state index in [1.165, 1.54) is 11.6 Å². The van der Waals surface area contributed by atoms with Gasteiger partial charge in [-0.15, -0.1) is 10.2 Å². The Kier molecular flexibility index (Phi) is 7.78. The van der Waals surface area contributed by atoms with E-state index in [-0.39, 0.29) is 12.5 Å². The highest BCUT2D eigenvalue weighted by atomic mass is 32.2. The van der Waals surface area contributed by atoms with Crippen molar-refractivity contribution in [1.82, 2.24) is 20.1 Å². The van der Waals surface area contributed by atoms with Gasteiger partial charge in [0.2, 0.25) is 5.91 Å². The lowest BCUT2D eigenvalue weighted by atomic mass is 10.2. The highest BCUT2D eigenvalue weighted by molar-refractivity contribution is 7.98. The summed E-state index contributed by atoms with van der Waals surface area (Å²) in [5.41, 5.74) is 4.22. The van der Waals surface area contributed by atoms with Crippen molar-refractivity contribution in [2.75, 3.05) is 7.11 Å². The van der Waals surface area contributed by atoms with Crippen LogP contribution in [0.2, 0.25) is 0 Å². The molecule has 0 spiro atoms. The van der Waals surface area contributed by atoms with E-state index < -0.39 is 0 Å². The second-order valence-electron chi connectivity index (χ2n) is 7.67. The number of ether oxygens (including phenoxy) is 1. The number of carbonyl (C=O) groups excluding carboxylic acids is 1. The van der Waals surface area contributed by atoms with Gasteiger partial charge in [0, 0.05) is 17.5 Å². The highest BCUT2D eigenvalue weighted by Crippen LogP contribution is 2.26. The number of nitrogens with one attached hydrogen (secondary N) is 1. The smallest absolute Gasteiger partial charge is 0.244 e. The van der Waals surface area contributed by atoms with Crippen LogP contribution < -0.4 is 10.1 Å². The molecule has 0 aliphatic rings. The molecule has 0 atom stereocenters. The Morgan fingerprint density at radius 3 is 2.59 bits per heavy atom. The lowest BCUT2D eigenvalue weighted by molar-refractivity contribution is -0.116. The fraction of sp³-hybridized carbons (Fsp3) is 0.148. The maximum atomic E-state index is 12.4. The number of aryl methyl sites for hydroxylation is 1. The highest BCUT2D eigenvalue weighted by Gasteiger charge is 2.15. The standard InChI is InChI=1S/C27H26N4O2S/c1-20-11-14-23(15-12-20)31-25(18-28-26(32)16-13-21-7-4-3-5-8-21)29-30-27(31)34-19-22-9-6-10-24(17-22)33-2/h3-17H,18-19H2,1-2H3,(H,28,32)/b16-13+. The first-order valence-corrected chi connectivity index (χ1v) is 11.9. The second-order valence-corrected chi connectivity index (χ2v) is 8.61. The first-order valence-electron chi connectivity index (χ1n) is 10.9. The van der Waals surface area contributed by atoms with Crippen molar-refractivity contribution in [2.45, 2.75) is 24.4 Å². The van der Waals surface area contributed by atoms with Crippen LogP contribution in [0.15, 0.2) is 90.1 Å². The van der Waals surface area contributed by atoms with Gasteiger partial charge in [-0.3, -0.25) is 9.36 Å². The van der Waals surface area contributed by atoms with Gasteiger partial charge >= 0.3 is 0 Å². The van der Waals surface area contributed by atoms with Gasteiger partial charge in [-0.1, -0.05) is 71.9 Å². The molecule has 0 unspecified atom stereocenters. The predicted octanol–water partition coefficient (Wildman–Crippen LogP) is 5.21. The molecule has 0 saturated heterocycles. The number of methoxy groups -OCH3 is 1. The van der Waals surface area contributed by atoms with Crippen LogP contribution in [-0.4, -0.2) is 27.8 Å². The van der Waals surface area contributed by atoms with Crippen LogP contribution in [0, 0.1) is 6.92 Å². The van der Waals surface area contributed by atoms with Gasteiger partial charge in [0.15, 0.2) is 11.0 Å². The molecular weight excluding hydrogens is 444 g/mol. The molecule has 0 aliphatic carbocycles. The average Bonchev–Trinajstić information content (AvgIpc) is 3.29. The number of carbonyl (C=O) groups is 1. The third-order valence-electron chi connectivity index (χ3n) is 5.14. The summed E-state index contributed by atoms with van der Waals surface area (Å²) in [5.74, 6) is 2.02. The van der Waals surface area contributed by atoms with Crippen molar-refractivity contribution in [3.05, 3.63) is 107 Å². The van der Waals surface area contributed by atoms with Crippen LogP contribution in [-0.2, 0) is 17.1 Å². The first kappa shape index (κ1) is 23.3. The minimum atomic E-state index is -0.187. The normalized spacial score (nSPS) is 11.0. The molecular formula is C27H26N4O2S. The molecule has 0 bridgehead atoms. The lowest BCUT2D eigenvalue weighted by Crippen LogP contribution is -2.22. The summed E-state index contributed by atoms with van der Waals surface area (Å²) in [4.78, 5) is 12.4. The Morgan fingerprint density at radius 1 is 1.03 bits per heavy atom. The topological polar surface area (TPSA) is 69.0 Å². The van der Waals surface area contributed by atoms with E-state index in [2.05, 4.69) is 40.6 Å². The Morgan fingerprint density at radius 2 is 1.82 bits per heavy atom. The minimum Gasteiger partial charge on any atom is -0.497 e. The van der Waals surface area contributed by atoms with Crippen molar-refractivity contribution in [3.63, 3.8) is 0 Å². The number of hydrogen-bond acceptors (Lipinski definition) is 5. The fourth-order valence-electron chi connectivity index (χ4n) is 3.33. The lowest BCUT2D eigenvalue weighted by Gasteiger charge is -2.11. The van der Waals surface area contributed by atoms with Crippen LogP contribution in [0.25, 0.3) is 11.8 Å². The van der Waals surface area contributed by atoms with Crippen molar-refractivity contribution >= 4 is 23.7 Å².